The van der Waals surface area contributed by atoms with Crippen LogP contribution < -0.4 is 5.32 Å². The van der Waals surface area contributed by atoms with Gasteiger partial charge in [0.1, 0.15) is 0 Å². The molecule has 0 radical (unpaired) electrons. The number of nitrogens with zero attached hydrogens (tertiary/aromatic N) is 2. The number of hydrogen-bond donors (Lipinski definition) is 1. The average Bonchev–Trinajstić information content (AvgIpc) is 2.42. The summed E-state index contributed by atoms with van der Waals surface area (Å²) < 4.78 is 5.19. The van der Waals surface area contributed by atoms with Crippen molar-refractivity contribution in [3.8, 4) is 0 Å². The number of methoxy groups -OCH3 is 1. The number of carbonyl (C=O) groups excluding carboxylic acids is 1. The van der Waals surface area contributed by atoms with E-state index in [0.29, 0.717) is 18.4 Å². The molecule has 2 fully saturated rings. The summed E-state index contributed by atoms with van der Waals surface area (Å²) in [6.45, 7) is 7.11. The highest BCUT2D eigenvalue weighted by atomic mass is 16.5. The molecule has 0 atom stereocenters. The van der Waals surface area contributed by atoms with Gasteiger partial charge in [0.05, 0.1) is 6.54 Å². The molecule has 0 aromatic heterocycles. The predicted octanol–water partition coefficient (Wildman–Crippen LogP) is -0.223. The second-order valence-corrected chi connectivity index (χ2v) is 5.31. The number of ether oxygens (including phenoxy) is 1. The Balaban J connectivity index is 1.68. The summed E-state index contributed by atoms with van der Waals surface area (Å²) in [4.78, 5) is 16.4. The number of rotatable bonds is 4. The third kappa shape index (κ3) is 3.93. The van der Waals surface area contributed by atoms with Gasteiger partial charge in [0.25, 0.3) is 0 Å². The van der Waals surface area contributed by atoms with Crippen molar-refractivity contribution >= 4 is 5.91 Å². The lowest BCUT2D eigenvalue weighted by atomic mass is 9.98. The normalized spacial score (nSPS) is 23.3. The van der Waals surface area contributed by atoms with Gasteiger partial charge in [-0.15, -0.1) is 0 Å². The molecule has 0 saturated carbocycles. The van der Waals surface area contributed by atoms with Crippen molar-refractivity contribution in [3.63, 3.8) is 0 Å². The molecule has 2 rings (SSSR count). The van der Waals surface area contributed by atoms with Gasteiger partial charge in [0.15, 0.2) is 0 Å². The number of piperidine rings is 1. The molecule has 0 spiro atoms. The topological polar surface area (TPSA) is 44.8 Å². The van der Waals surface area contributed by atoms with Crippen LogP contribution in [0.25, 0.3) is 0 Å². The zero-order valence-electron chi connectivity index (χ0n) is 11.4. The fraction of sp³-hybridized carbons (Fsp3) is 0.923. The minimum Gasteiger partial charge on any atom is -0.384 e. The van der Waals surface area contributed by atoms with E-state index in [2.05, 4.69) is 10.2 Å². The highest BCUT2D eigenvalue weighted by Gasteiger charge is 2.23. The maximum atomic E-state index is 12.1. The molecular formula is C13H25N3O2. The third-order valence-corrected chi connectivity index (χ3v) is 3.94. The number of nitrogens with one attached hydrogen (secondary N) is 1. The van der Waals surface area contributed by atoms with E-state index in [1.165, 1.54) is 0 Å². The van der Waals surface area contributed by atoms with E-state index in [1.807, 2.05) is 4.90 Å². The van der Waals surface area contributed by atoms with Gasteiger partial charge in [-0.05, 0) is 31.8 Å². The summed E-state index contributed by atoms with van der Waals surface area (Å²) in [6, 6.07) is 0. The smallest absolute Gasteiger partial charge is 0.236 e. The SMILES string of the molecule is COCC1CCN(CC(=O)N2CCNCC2)CC1. The Hall–Kier alpha value is -0.650. The second kappa shape index (κ2) is 7.07. The van der Waals surface area contributed by atoms with E-state index >= 15 is 0 Å². The van der Waals surface area contributed by atoms with Crippen molar-refractivity contribution in [3.05, 3.63) is 0 Å². The lowest BCUT2D eigenvalue weighted by Crippen LogP contribution is -2.50. The highest BCUT2D eigenvalue weighted by molar-refractivity contribution is 5.78. The summed E-state index contributed by atoms with van der Waals surface area (Å²) in [5.74, 6) is 0.974. The zero-order chi connectivity index (χ0) is 12.8. The molecule has 0 aromatic rings. The lowest BCUT2D eigenvalue weighted by Gasteiger charge is -2.34. The lowest BCUT2D eigenvalue weighted by molar-refractivity contribution is -0.133. The van der Waals surface area contributed by atoms with Gasteiger partial charge >= 0.3 is 0 Å². The van der Waals surface area contributed by atoms with E-state index in [1.54, 1.807) is 7.11 Å². The molecule has 0 aromatic carbocycles. The minimum atomic E-state index is 0.293. The van der Waals surface area contributed by atoms with Crippen LogP contribution in [0, 0.1) is 5.92 Å². The number of likely N-dealkylation sites (tertiary alicyclic amines) is 1. The van der Waals surface area contributed by atoms with Crippen LogP contribution in [-0.2, 0) is 9.53 Å². The molecular weight excluding hydrogens is 230 g/mol. The van der Waals surface area contributed by atoms with Gasteiger partial charge < -0.3 is 15.0 Å². The first-order chi connectivity index (χ1) is 8.79. The molecule has 1 N–H and O–H groups in total. The zero-order valence-corrected chi connectivity index (χ0v) is 11.4. The van der Waals surface area contributed by atoms with E-state index in [9.17, 15) is 4.79 Å². The van der Waals surface area contributed by atoms with Crippen LogP contribution in [0.5, 0.6) is 0 Å². The Bertz CT molecular complexity index is 259. The number of carbonyl (C=O) groups is 1. The van der Waals surface area contributed by atoms with Gasteiger partial charge in [-0.1, -0.05) is 0 Å². The minimum absolute atomic E-state index is 0.293. The van der Waals surface area contributed by atoms with Crippen LogP contribution in [0.3, 0.4) is 0 Å². The van der Waals surface area contributed by atoms with Crippen LogP contribution in [0.4, 0.5) is 0 Å². The summed E-state index contributed by atoms with van der Waals surface area (Å²) in [5.41, 5.74) is 0. The molecule has 2 aliphatic heterocycles. The maximum Gasteiger partial charge on any atom is 0.236 e. The number of piperazine rings is 1. The van der Waals surface area contributed by atoms with Crippen molar-refractivity contribution < 1.29 is 9.53 Å². The first kappa shape index (κ1) is 13.8. The molecule has 5 heteroatoms. The van der Waals surface area contributed by atoms with Gasteiger partial charge in [-0.2, -0.15) is 0 Å². The summed E-state index contributed by atoms with van der Waals surface area (Å²) in [6.07, 6.45) is 2.31. The molecule has 0 unspecified atom stereocenters. The molecule has 104 valence electrons. The fourth-order valence-electron chi connectivity index (χ4n) is 2.75. The molecule has 2 heterocycles. The van der Waals surface area contributed by atoms with Crippen molar-refractivity contribution in [2.45, 2.75) is 12.8 Å². The molecule has 5 nitrogen and oxygen atoms in total. The van der Waals surface area contributed by atoms with E-state index in [4.69, 9.17) is 4.74 Å². The molecule has 2 saturated heterocycles. The van der Waals surface area contributed by atoms with Gasteiger partial charge in [0.2, 0.25) is 5.91 Å². The summed E-state index contributed by atoms with van der Waals surface area (Å²) in [7, 11) is 1.76. The van der Waals surface area contributed by atoms with Gasteiger partial charge in [-0.25, -0.2) is 0 Å². The van der Waals surface area contributed by atoms with E-state index in [-0.39, 0.29) is 0 Å². The summed E-state index contributed by atoms with van der Waals surface area (Å²) in [5, 5.41) is 3.27. The molecule has 18 heavy (non-hydrogen) atoms. The number of hydrogen-bond acceptors (Lipinski definition) is 4. The van der Waals surface area contributed by atoms with Crippen LogP contribution in [-0.4, -0.2) is 75.2 Å². The van der Waals surface area contributed by atoms with E-state index < -0.39 is 0 Å². The molecule has 1 amide bonds. The molecule has 0 bridgehead atoms. The number of amides is 1. The van der Waals surface area contributed by atoms with E-state index in [0.717, 1.165) is 58.7 Å². The van der Waals surface area contributed by atoms with Crippen LogP contribution >= 0.6 is 0 Å². The monoisotopic (exact) mass is 255 g/mol. The Morgan fingerprint density at radius 3 is 2.50 bits per heavy atom. The van der Waals surface area contributed by atoms with Gasteiger partial charge in [0, 0.05) is 39.9 Å². The maximum absolute atomic E-state index is 12.1. The fourth-order valence-corrected chi connectivity index (χ4v) is 2.75. The molecule has 0 aliphatic carbocycles. The average molecular weight is 255 g/mol. The van der Waals surface area contributed by atoms with Crippen molar-refractivity contribution in [2.75, 3.05) is 59.5 Å². The molecule has 2 aliphatic rings. The largest absolute Gasteiger partial charge is 0.384 e. The van der Waals surface area contributed by atoms with Crippen molar-refractivity contribution in [1.82, 2.24) is 15.1 Å². The van der Waals surface area contributed by atoms with Crippen molar-refractivity contribution in [2.24, 2.45) is 5.92 Å². The van der Waals surface area contributed by atoms with Crippen LogP contribution in [0.15, 0.2) is 0 Å². The highest BCUT2D eigenvalue weighted by Crippen LogP contribution is 2.17. The standard InChI is InChI=1S/C13H25N3O2/c1-18-11-12-2-6-15(7-3-12)10-13(17)16-8-4-14-5-9-16/h12,14H,2-11H2,1H3. The second-order valence-electron chi connectivity index (χ2n) is 5.31. The Kier molecular flexibility index (Phi) is 5.41. The first-order valence-corrected chi connectivity index (χ1v) is 6.99. The first-order valence-electron chi connectivity index (χ1n) is 6.99. The Labute approximate surface area is 109 Å². The Morgan fingerprint density at radius 2 is 1.89 bits per heavy atom. The predicted molar refractivity (Wildman–Crippen MR) is 70.5 cm³/mol. The van der Waals surface area contributed by atoms with Crippen LogP contribution in [0.1, 0.15) is 12.8 Å². The van der Waals surface area contributed by atoms with Crippen LogP contribution in [0.2, 0.25) is 0 Å². The van der Waals surface area contributed by atoms with Gasteiger partial charge in [-0.3, -0.25) is 9.69 Å². The third-order valence-electron chi connectivity index (χ3n) is 3.94. The Morgan fingerprint density at radius 1 is 1.22 bits per heavy atom. The van der Waals surface area contributed by atoms with Crippen molar-refractivity contribution in [1.29, 1.82) is 0 Å². The summed E-state index contributed by atoms with van der Waals surface area (Å²) >= 11 is 0. The quantitative estimate of drug-likeness (QED) is 0.754.